The fraction of sp³-hybridized carbons (Fsp3) is 0.250. The van der Waals surface area contributed by atoms with Gasteiger partial charge in [-0.1, -0.05) is 18.2 Å². The van der Waals surface area contributed by atoms with Crippen LogP contribution in [0, 0.1) is 6.07 Å². The SMILES string of the molecule is FC(F)c1[c]cccc1C(F)F. The highest BCUT2D eigenvalue weighted by atomic mass is 19.3. The lowest BCUT2D eigenvalue weighted by molar-refractivity contribution is 0.124. The third-order valence-electron chi connectivity index (χ3n) is 1.38. The van der Waals surface area contributed by atoms with Gasteiger partial charge in [-0.25, -0.2) is 17.6 Å². The van der Waals surface area contributed by atoms with Gasteiger partial charge in [0.25, 0.3) is 12.9 Å². The van der Waals surface area contributed by atoms with Crippen molar-refractivity contribution < 1.29 is 17.6 Å². The van der Waals surface area contributed by atoms with Crippen molar-refractivity contribution in [3.05, 3.63) is 35.4 Å². The molecule has 1 aromatic rings. The second-order valence-corrected chi connectivity index (χ2v) is 2.14. The largest absolute Gasteiger partial charge is 0.264 e. The molecule has 0 atom stereocenters. The lowest BCUT2D eigenvalue weighted by atomic mass is 10.1. The monoisotopic (exact) mass is 177 g/mol. The van der Waals surface area contributed by atoms with Crippen molar-refractivity contribution in [1.29, 1.82) is 0 Å². The molecule has 0 saturated carbocycles. The molecule has 0 unspecified atom stereocenters. The molecule has 0 nitrogen and oxygen atoms in total. The summed E-state index contributed by atoms with van der Waals surface area (Å²) >= 11 is 0. The molecule has 12 heavy (non-hydrogen) atoms. The number of rotatable bonds is 2. The number of halogens is 4. The zero-order valence-electron chi connectivity index (χ0n) is 5.90. The second-order valence-electron chi connectivity index (χ2n) is 2.14. The molecule has 1 rings (SSSR count). The normalized spacial score (nSPS) is 11.2. The van der Waals surface area contributed by atoms with Crippen LogP contribution >= 0.6 is 0 Å². The molecule has 0 bridgehead atoms. The number of alkyl halides is 4. The molecular weight excluding hydrogens is 172 g/mol. The third kappa shape index (κ3) is 1.75. The summed E-state index contributed by atoms with van der Waals surface area (Å²) in [6, 6.07) is 5.51. The Morgan fingerprint density at radius 3 is 2.17 bits per heavy atom. The molecule has 0 fully saturated rings. The first-order valence-corrected chi connectivity index (χ1v) is 3.19. The van der Waals surface area contributed by atoms with Gasteiger partial charge in [-0.15, -0.1) is 0 Å². The summed E-state index contributed by atoms with van der Waals surface area (Å²) in [5, 5.41) is 0. The summed E-state index contributed by atoms with van der Waals surface area (Å²) < 4.78 is 48.1. The zero-order valence-corrected chi connectivity index (χ0v) is 5.90. The Kier molecular flexibility index (Phi) is 2.68. The third-order valence-corrected chi connectivity index (χ3v) is 1.38. The molecule has 1 aromatic carbocycles. The smallest absolute Gasteiger partial charge is 0.205 e. The molecule has 4 heteroatoms. The van der Waals surface area contributed by atoms with E-state index in [1.165, 1.54) is 12.1 Å². The highest BCUT2D eigenvalue weighted by Crippen LogP contribution is 2.29. The summed E-state index contributed by atoms with van der Waals surface area (Å²) in [5.74, 6) is 0. The van der Waals surface area contributed by atoms with E-state index in [0.717, 1.165) is 6.07 Å². The van der Waals surface area contributed by atoms with Crippen LogP contribution in [-0.2, 0) is 0 Å². The van der Waals surface area contributed by atoms with Crippen LogP contribution in [0.15, 0.2) is 18.2 Å². The fourth-order valence-electron chi connectivity index (χ4n) is 0.842. The van der Waals surface area contributed by atoms with Gasteiger partial charge >= 0.3 is 0 Å². The van der Waals surface area contributed by atoms with Crippen LogP contribution in [0.3, 0.4) is 0 Å². The standard InChI is InChI=1S/C8H5F4/c9-7(10)5-3-1-2-4-6(5)8(11)12/h1-3,7-8H. The minimum absolute atomic E-state index is 0.646. The molecule has 0 saturated heterocycles. The van der Waals surface area contributed by atoms with E-state index in [1.807, 2.05) is 0 Å². The van der Waals surface area contributed by atoms with Crippen LogP contribution < -0.4 is 0 Å². The fourth-order valence-corrected chi connectivity index (χ4v) is 0.842. The molecule has 0 aliphatic heterocycles. The van der Waals surface area contributed by atoms with Crippen LogP contribution in [-0.4, -0.2) is 0 Å². The highest BCUT2D eigenvalue weighted by Gasteiger charge is 2.18. The van der Waals surface area contributed by atoms with E-state index in [2.05, 4.69) is 6.07 Å². The van der Waals surface area contributed by atoms with E-state index in [1.54, 1.807) is 0 Å². The van der Waals surface area contributed by atoms with Crippen LogP contribution in [0.25, 0.3) is 0 Å². The minimum Gasteiger partial charge on any atom is -0.205 e. The van der Waals surface area contributed by atoms with Gasteiger partial charge in [0.1, 0.15) is 0 Å². The second kappa shape index (κ2) is 3.56. The molecule has 0 N–H and O–H groups in total. The molecule has 0 amide bonds. The van der Waals surface area contributed by atoms with Gasteiger partial charge in [-0.05, 0) is 6.07 Å². The summed E-state index contributed by atoms with van der Waals surface area (Å²) in [5.41, 5.74) is -1.36. The lowest BCUT2D eigenvalue weighted by Gasteiger charge is -2.05. The van der Waals surface area contributed by atoms with E-state index < -0.39 is 24.0 Å². The Balaban J connectivity index is 3.09. The van der Waals surface area contributed by atoms with Crippen molar-refractivity contribution in [3.63, 3.8) is 0 Å². The van der Waals surface area contributed by atoms with Crippen molar-refractivity contribution >= 4 is 0 Å². The molecule has 0 aliphatic rings. The van der Waals surface area contributed by atoms with Crippen LogP contribution in [0.5, 0.6) is 0 Å². The van der Waals surface area contributed by atoms with Crippen molar-refractivity contribution in [2.45, 2.75) is 12.9 Å². The Labute approximate surface area is 66.8 Å². The van der Waals surface area contributed by atoms with Gasteiger partial charge < -0.3 is 0 Å². The Bertz CT molecular complexity index is 230. The Morgan fingerprint density at radius 1 is 1.08 bits per heavy atom. The van der Waals surface area contributed by atoms with Gasteiger partial charge in [-0.2, -0.15) is 0 Å². The van der Waals surface area contributed by atoms with Gasteiger partial charge in [0, 0.05) is 11.1 Å². The lowest BCUT2D eigenvalue weighted by Crippen LogP contribution is -1.94. The highest BCUT2D eigenvalue weighted by molar-refractivity contribution is 5.27. The van der Waals surface area contributed by atoms with E-state index in [0.29, 0.717) is 0 Å². The summed E-state index contributed by atoms with van der Waals surface area (Å²) in [6.45, 7) is 0. The average Bonchev–Trinajstić information content (AvgIpc) is 2.04. The van der Waals surface area contributed by atoms with Gasteiger partial charge in [-0.3, -0.25) is 0 Å². The molecule has 1 radical (unpaired) electrons. The molecule has 0 spiro atoms. The summed E-state index contributed by atoms with van der Waals surface area (Å²) in [7, 11) is 0. The van der Waals surface area contributed by atoms with Crippen LogP contribution in [0.4, 0.5) is 17.6 Å². The van der Waals surface area contributed by atoms with Gasteiger partial charge in [0.15, 0.2) is 0 Å². The maximum atomic E-state index is 12.0. The number of benzene rings is 1. The molecule has 0 heterocycles. The van der Waals surface area contributed by atoms with Crippen molar-refractivity contribution in [2.75, 3.05) is 0 Å². The molecule has 0 aliphatic carbocycles. The summed E-state index contributed by atoms with van der Waals surface area (Å²) in [4.78, 5) is 0. The van der Waals surface area contributed by atoms with Gasteiger partial charge in [0.05, 0.1) is 0 Å². The van der Waals surface area contributed by atoms with Crippen molar-refractivity contribution in [2.24, 2.45) is 0 Å². The van der Waals surface area contributed by atoms with Crippen LogP contribution in [0.1, 0.15) is 24.0 Å². The minimum atomic E-state index is -2.89. The Hall–Kier alpha value is -1.06. The van der Waals surface area contributed by atoms with Crippen molar-refractivity contribution in [3.8, 4) is 0 Å². The Morgan fingerprint density at radius 2 is 1.75 bits per heavy atom. The van der Waals surface area contributed by atoms with E-state index in [4.69, 9.17) is 0 Å². The van der Waals surface area contributed by atoms with Crippen molar-refractivity contribution in [1.82, 2.24) is 0 Å². The predicted octanol–water partition coefficient (Wildman–Crippen LogP) is 3.36. The number of hydrogen-bond acceptors (Lipinski definition) is 0. The molecular formula is C8H5F4. The molecule has 0 aromatic heterocycles. The maximum absolute atomic E-state index is 12.0. The topological polar surface area (TPSA) is 0 Å². The maximum Gasteiger partial charge on any atom is 0.264 e. The summed E-state index contributed by atoms with van der Waals surface area (Å²) in [6.07, 6.45) is -5.76. The van der Waals surface area contributed by atoms with E-state index in [9.17, 15) is 17.6 Å². The predicted molar refractivity (Wildman–Crippen MR) is 35.2 cm³/mol. The van der Waals surface area contributed by atoms with E-state index in [-0.39, 0.29) is 0 Å². The van der Waals surface area contributed by atoms with E-state index >= 15 is 0 Å². The molecule has 65 valence electrons. The zero-order chi connectivity index (χ0) is 9.14. The van der Waals surface area contributed by atoms with Crippen LogP contribution in [0.2, 0.25) is 0 Å². The first-order valence-electron chi connectivity index (χ1n) is 3.19. The first-order chi connectivity index (χ1) is 5.63. The average molecular weight is 177 g/mol. The first kappa shape index (κ1) is 9.03. The number of hydrogen-bond donors (Lipinski definition) is 0. The quantitative estimate of drug-likeness (QED) is 0.607. The van der Waals surface area contributed by atoms with Gasteiger partial charge in [0.2, 0.25) is 0 Å².